The Hall–Kier alpha value is -1.52. The Morgan fingerprint density at radius 2 is 1.79 bits per heavy atom. The maximum Gasteiger partial charge on any atom is 0.341 e. The first-order chi connectivity index (χ1) is 9.07. The van der Waals surface area contributed by atoms with Crippen LogP contribution >= 0.6 is 0 Å². The minimum Gasteiger partial charge on any atom is -0.477 e. The molecule has 0 radical (unpaired) electrons. The van der Waals surface area contributed by atoms with Crippen LogP contribution in [0.15, 0.2) is 6.20 Å². The molecule has 5 heteroatoms. The number of nitrogen functional groups attached to an aromatic ring is 1. The van der Waals surface area contributed by atoms with E-state index < -0.39 is 5.97 Å². The quantitative estimate of drug-likeness (QED) is 0.854. The van der Waals surface area contributed by atoms with Crippen LogP contribution < -0.4 is 5.73 Å². The van der Waals surface area contributed by atoms with E-state index in [0.29, 0.717) is 5.82 Å². The van der Waals surface area contributed by atoms with Crippen molar-refractivity contribution in [3.8, 4) is 0 Å². The number of hydrogen-bond acceptors (Lipinski definition) is 3. The van der Waals surface area contributed by atoms with E-state index in [0.717, 1.165) is 37.0 Å². The Balaban J connectivity index is 1.77. The Kier molecular flexibility index (Phi) is 2.10. The van der Waals surface area contributed by atoms with E-state index in [9.17, 15) is 4.79 Å². The fourth-order valence-electron chi connectivity index (χ4n) is 5.23. The highest BCUT2D eigenvalue weighted by Crippen LogP contribution is 2.59. The zero-order valence-corrected chi connectivity index (χ0v) is 10.9. The van der Waals surface area contributed by atoms with Gasteiger partial charge in [-0.2, -0.15) is 5.10 Å². The molecule has 102 valence electrons. The highest BCUT2D eigenvalue weighted by Gasteiger charge is 2.53. The van der Waals surface area contributed by atoms with Crippen molar-refractivity contribution in [3.05, 3.63) is 11.8 Å². The molecule has 0 unspecified atom stereocenters. The fourth-order valence-corrected chi connectivity index (χ4v) is 5.23. The molecule has 0 atom stereocenters. The molecule has 1 heterocycles. The number of carbonyl (C=O) groups is 1. The summed E-state index contributed by atoms with van der Waals surface area (Å²) < 4.78 is 1.85. The van der Waals surface area contributed by atoms with Gasteiger partial charge in [0.25, 0.3) is 0 Å². The van der Waals surface area contributed by atoms with Crippen molar-refractivity contribution >= 4 is 11.8 Å². The topological polar surface area (TPSA) is 81.1 Å². The van der Waals surface area contributed by atoms with Crippen LogP contribution in [0.3, 0.4) is 0 Å². The Morgan fingerprint density at radius 1 is 1.26 bits per heavy atom. The van der Waals surface area contributed by atoms with Crippen LogP contribution in [-0.2, 0) is 5.54 Å². The van der Waals surface area contributed by atoms with E-state index in [1.807, 2.05) is 4.68 Å². The molecular weight excluding hydrogens is 242 g/mol. The lowest BCUT2D eigenvalue weighted by atomic mass is 9.53. The molecular formula is C14H19N3O2. The van der Waals surface area contributed by atoms with Crippen LogP contribution in [0.2, 0.25) is 0 Å². The van der Waals surface area contributed by atoms with Crippen LogP contribution in [0, 0.1) is 17.8 Å². The zero-order chi connectivity index (χ0) is 13.2. The monoisotopic (exact) mass is 261 g/mol. The van der Waals surface area contributed by atoms with Crippen molar-refractivity contribution in [3.63, 3.8) is 0 Å². The SMILES string of the molecule is Nc1c(C(=O)O)cnn1C12CC3CC(CC(C3)C1)C2. The minimum absolute atomic E-state index is 0.00648. The zero-order valence-electron chi connectivity index (χ0n) is 10.9. The molecule has 5 nitrogen and oxygen atoms in total. The molecule has 0 aliphatic heterocycles. The van der Waals surface area contributed by atoms with Crippen LogP contribution in [0.4, 0.5) is 5.82 Å². The third kappa shape index (κ3) is 1.47. The number of carboxylic acid groups (broad SMARTS) is 1. The number of nitrogens with two attached hydrogens (primary N) is 1. The average molecular weight is 261 g/mol. The number of aromatic nitrogens is 2. The van der Waals surface area contributed by atoms with Crippen LogP contribution in [0.5, 0.6) is 0 Å². The fraction of sp³-hybridized carbons (Fsp3) is 0.714. The highest BCUT2D eigenvalue weighted by atomic mass is 16.4. The van der Waals surface area contributed by atoms with Crippen LogP contribution in [0.1, 0.15) is 48.9 Å². The average Bonchev–Trinajstić information content (AvgIpc) is 2.69. The predicted octanol–water partition coefficient (Wildman–Crippen LogP) is 2.09. The lowest BCUT2D eigenvalue weighted by molar-refractivity contribution is -0.0481. The van der Waals surface area contributed by atoms with Gasteiger partial charge in [-0.05, 0) is 56.3 Å². The highest BCUT2D eigenvalue weighted by molar-refractivity contribution is 5.92. The summed E-state index contributed by atoms with van der Waals surface area (Å²) in [5.74, 6) is 1.75. The Labute approximate surface area is 111 Å². The van der Waals surface area contributed by atoms with E-state index in [2.05, 4.69) is 5.10 Å². The summed E-state index contributed by atoms with van der Waals surface area (Å²) >= 11 is 0. The normalized spacial score (nSPS) is 39.7. The molecule has 1 aromatic rings. The van der Waals surface area contributed by atoms with E-state index in [4.69, 9.17) is 10.8 Å². The van der Waals surface area contributed by atoms with Crippen LogP contribution in [0.25, 0.3) is 0 Å². The first-order valence-corrected chi connectivity index (χ1v) is 7.15. The van der Waals surface area contributed by atoms with Gasteiger partial charge in [0.2, 0.25) is 0 Å². The van der Waals surface area contributed by atoms with Gasteiger partial charge in [0, 0.05) is 0 Å². The number of nitrogens with zero attached hydrogens (tertiary/aromatic N) is 2. The molecule has 0 amide bonds. The maximum absolute atomic E-state index is 11.1. The second-order valence-corrected chi connectivity index (χ2v) is 6.80. The van der Waals surface area contributed by atoms with E-state index in [1.165, 1.54) is 25.5 Å². The molecule has 4 bridgehead atoms. The maximum atomic E-state index is 11.1. The second kappa shape index (κ2) is 3.52. The third-order valence-corrected chi connectivity index (χ3v) is 5.49. The third-order valence-electron chi connectivity index (χ3n) is 5.49. The number of carboxylic acids is 1. The van der Waals surface area contributed by atoms with Gasteiger partial charge in [-0.25, -0.2) is 9.48 Å². The minimum atomic E-state index is -0.978. The molecule has 4 fully saturated rings. The Morgan fingerprint density at radius 3 is 2.21 bits per heavy atom. The van der Waals surface area contributed by atoms with Gasteiger partial charge < -0.3 is 10.8 Å². The van der Waals surface area contributed by atoms with Gasteiger partial charge >= 0.3 is 5.97 Å². The molecule has 3 N–H and O–H groups in total. The second-order valence-electron chi connectivity index (χ2n) is 6.80. The molecule has 5 rings (SSSR count). The van der Waals surface area contributed by atoms with E-state index >= 15 is 0 Å². The molecule has 0 aromatic carbocycles. The Bertz CT molecular complexity index is 514. The van der Waals surface area contributed by atoms with Gasteiger partial charge in [0.1, 0.15) is 11.4 Å². The molecule has 4 aliphatic carbocycles. The number of aromatic carboxylic acids is 1. The van der Waals surface area contributed by atoms with Crippen molar-refractivity contribution in [1.82, 2.24) is 9.78 Å². The molecule has 4 aliphatic rings. The standard InChI is InChI=1S/C14H19N3O2/c15-12-11(13(18)19)7-16-17(12)14-4-8-1-9(5-14)3-10(2-8)6-14/h7-10H,1-6,15H2,(H,18,19). The van der Waals surface area contributed by atoms with Crippen molar-refractivity contribution < 1.29 is 9.90 Å². The van der Waals surface area contributed by atoms with Gasteiger partial charge in [0.05, 0.1) is 11.7 Å². The van der Waals surface area contributed by atoms with Crippen molar-refractivity contribution in [1.29, 1.82) is 0 Å². The summed E-state index contributed by atoms with van der Waals surface area (Å²) in [6.45, 7) is 0. The first kappa shape index (κ1) is 11.3. The van der Waals surface area contributed by atoms with Crippen molar-refractivity contribution in [2.75, 3.05) is 5.73 Å². The van der Waals surface area contributed by atoms with Gasteiger partial charge in [0.15, 0.2) is 0 Å². The number of rotatable bonds is 2. The largest absolute Gasteiger partial charge is 0.477 e. The van der Waals surface area contributed by atoms with Gasteiger partial charge in [-0.1, -0.05) is 0 Å². The van der Waals surface area contributed by atoms with E-state index in [1.54, 1.807) is 0 Å². The van der Waals surface area contributed by atoms with Crippen molar-refractivity contribution in [2.45, 2.75) is 44.1 Å². The van der Waals surface area contributed by atoms with Gasteiger partial charge in [-0.15, -0.1) is 0 Å². The molecule has 0 spiro atoms. The molecule has 1 aromatic heterocycles. The number of anilines is 1. The molecule has 4 saturated carbocycles. The summed E-state index contributed by atoms with van der Waals surface area (Å²) in [5, 5.41) is 13.5. The molecule has 0 saturated heterocycles. The number of hydrogen-bond donors (Lipinski definition) is 2. The van der Waals surface area contributed by atoms with E-state index in [-0.39, 0.29) is 11.1 Å². The molecule has 19 heavy (non-hydrogen) atoms. The van der Waals surface area contributed by atoms with Crippen molar-refractivity contribution in [2.24, 2.45) is 17.8 Å². The lowest BCUT2D eigenvalue weighted by Gasteiger charge is -2.56. The summed E-state index contributed by atoms with van der Waals surface area (Å²) in [5.41, 5.74) is 6.20. The smallest absolute Gasteiger partial charge is 0.341 e. The first-order valence-electron chi connectivity index (χ1n) is 7.15. The summed E-state index contributed by atoms with van der Waals surface area (Å²) in [7, 11) is 0. The summed E-state index contributed by atoms with van der Waals surface area (Å²) in [4.78, 5) is 11.1. The lowest BCUT2D eigenvalue weighted by Crippen LogP contribution is -2.52. The van der Waals surface area contributed by atoms with Gasteiger partial charge in [-0.3, -0.25) is 0 Å². The summed E-state index contributed by atoms with van der Waals surface area (Å²) in [6, 6.07) is 0. The summed E-state index contributed by atoms with van der Waals surface area (Å²) in [6.07, 6.45) is 8.86. The van der Waals surface area contributed by atoms with Crippen LogP contribution in [-0.4, -0.2) is 20.9 Å². The predicted molar refractivity (Wildman–Crippen MR) is 69.7 cm³/mol.